The van der Waals surface area contributed by atoms with Crippen molar-refractivity contribution in [2.24, 2.45) is 0 Å². The number of rotatable bonds is 2. The van der Waals surface area contributed by atoms with Gasteiger partial charge in [-0.3, -0.25) is 0 Å². The van der Waals surface area contributed by atoms with Gasteiger partial charge in [0.1, 0.15) is 0 Å². The summed E-state index contributed by atoms with van der Waals surface area (Å²) in [5, 5.41) is 9.02. The molecule has 0 aliphatic carbocycles. The van der Waals surface area contributed by atoms with E-state index in [-0.39, 0.29) is 52.8 Å². The summed E-state index contributed by atoms with van der Waals surface area (Å²) >= 11 is 0. The topological polar surface area (TPSA) is 20.2 Å². The van der Waals surface area contributed by atoms with Gasteiger partial charge >= 0.3 is 51.4 Å². The Morgan fingerprint density at radius 3 is 1.88 bits per heavy atom. The van der Waals surface area contributed by atoms with E-state index in [1.807, 2.05) is 13.8 Å². The maximum Gasteiger partial charge on any atom is 1.00 e. The number of aliphatic hydroxyl groups is 1. The van der Waals surface area contributed by atoms with E-state index in [0.29, 0.717) is 0 Å². The monoisotopic (exact) mass is 142 g/mol. The van der Waals surface area contributed by atoms with Crippen molar-refractivity contribution in [2.45, 2.75) is 39.2 Å². The maximum atomic E-state index is 9.02. The Morgan fingerprint density at radius 1 is 1.50 bits per heavy atom. The Balaban J connectivity index is -0.000000180. The van der Waals surface area contributed by atoms with Crippen molar-refractivity contribution < 1.29 is 57.9 Å². The molecule has 0 fully saturated rings. The van der Waals surface area contributed by atoms with Crippen molar-refractivity contribution in [3.8, 4) is 0 Å². The third-order valence-electron chi connectivity index (χ3n) is 0.862. The van der Waals surface area contributed by atoms with Crippen LogP contribution >= 0.6 is 0 Å². The zero-order chi connectivity index (χ0) is 5.91. The molecule has 0 atom stereocenters. The van der Waals surface area contributed by atoms with Gasteiger partial charge in [-0.1, -0.05) is 13.3 Å². The summed E-state index contributed by atoms with van der Waals surface area (Å²) in [4.78, 5) is 0. The van der Waals surface area contributed by atoms with Crippen LogP contribution in [0.25, 0.3) is 0 Å². The molecule has 0 amide bonds. The normalized spacial score (nSPS) is 10.5. The molecule has 46 valence electrons. The summed E-state index contributed by atoms with van der Waals surface area (Å²) < 4.78 is 0. The summed E-state index contributed by atoms with van der Waals surface area (Å²) in [7, 11) is 0. The molecule has 1 N–H and O–H groups in total. The molecule has 0 aromatic heterocycles. The average molecular weight is 142 g/mol. The predicted octanol–water partition coefficient (Wildman–Crippen LogP) is -1.33. The number of hydrogen-bond acceptors (Lipinski definition) is 1. The molecule has 0 bridgehead atoms. The Labute approximate surface area is 95.8 Å². The Bertz CT molecular complexity index is 51.5. The zero-order valence-corrected chi connectivity index (χ0v) is 9.48. The molecule has 0 aromatic carbocycles. The Kier molecular flexibility index (Phi) is 8.27. The smallest absolute Gasteiger partial charge is 1.00 e. The molecule has 0 saturated heterocycles. The van der Waals surface area contributed by atoms with E-state index in [1.54, 1.807) is 0 Å². The molecule has 2 heteroatoms. The van der Waals surface area contributed by atoms with E-state index in [2.05, 4.69) is 6.92 Å². The van der Waals surface area contributed by atoms with Gasteiger partial charge in [0.2, 0.25) is 0 Å². The molecule has 0 aliphatic heterocycles. The van der Waals surface area contributed by atoms with Gasteiger partial charge in [-0.05, 0) is 20.3 Å². The first kappa shape index (κ1) is 12.3. The summed E-state index contributed by atoms with van der Waals surface area (Å²) in [5.41, 5.74) is -0.450. The van der Waals surface area contributed by atoms with Gasteiger partial charge < -0.3 is 6.53 Å². The first-order valence-corrected chi connectivity index (χ1v) is 2.78. The fourth-order valence-corrected chi connectivity index (χ4v) is 0.612. The zero-order valence-electron chi connectivity index (χ0n) is 7.36. The minimum absolute atomic E-state index is 0. The third-order valence-corrected chi connectivity index (χ3v) is 0.862. The summed E-state index contributed by atoms with van der Waals surface area (Å²) in [6, 6.07) is 0. The van der Waals surface area contributed by atoms with E-state index < -0.39 is 5.60 Å². The molecule has 1 nitrogen and oxygen atoms in total. The second-order valence-electron chi connectivity index (χ2n) is 2.56. The first-order chi connectivity index (χ1) is 3.06. The molecule has 0 aromatic rings. The fraction of sp³-hybridized carbons (Fsp3) is 1.00. The van der Waals surface area contributed by atoms with Crippen LogP contribution in [0, 0.1) is 0 Å². The molecule has 0 radical (unpaired) electrons. The van der Waals surface area contributed by atoms with E-state index in [9.17, 15) is 0 Å². The molecule has 0 rings (SSSR count). The predicted molar refractivity (Wildman–Crippen MR) is 32.3 cm³/mol. The van der Waals surface area contributed by atoms with Crippen LogP contribution in [-0.4, -0.2) is 10.7 Å². The van der Waals surface area contributed by atoms with Gasteiger partial charge in [-0.25, -0.2) is 0 Å². The van der Waals surface area contributed by atoms with Crippen LogP contribution in [0.4, 0.5) is 0 Å². The summed E-state index contributed by atoms with van der Waals surface area (Å²) in [6.45, 7) is 5.73. The van der Waals surface area contributed by atoms with E-state index in [0.717, 1.165) is 12.8 Å². The van der Waals surface area contributed by atoms with Gasteiger partial charge in [-0.2, -0.15) is 0 Å². The third kappa shape index (κ3) is 10.6. The molecule has 0 saturated carbocycles. The summed E-state index contributed by atoms with van der Waals surface area (Å²) in [5.74, 6) is 0. The van der Waals surface area contributed by atoms with Gasteiger partial charge in [-0.15, -0.1) is 0 Å². The van der Waals surface area contributed by atoms with E-state index >= 15 is 0 Å². The number of hydrogen-bond donors (Lipinski definition) is 1. The van der Waals surface area contributed by atoms with Crippen LogP contribution < -0.4 is 51.4 Å². The SMILES string of the molecule is CCCC(C)(C)O.[H-].[K+]. The van der Waals surface area contributed by atoms with Crippen molar-refractivity contribution in [2.75, 3.05) is 0 Å². The quantitative estimate of drug-likeness (QED) is 0.474. The Hall–Kier alpha value is 1.60. The largest absolute Gasteiger partial charge is 1.00 e. The molecule has 8 heavy (non-hydrogen) atoms. The van der Waals surface area contributed by atoms with Crippen molar-refractivity contribution in [3.63, 3.8) is 0 Å². The molecule has 0 aliphatic rings. The minimum atomic E-state index is -0.450. The minimum Gasteiger partial charge on any atom is -1.00 e. The van der Waals surface area contributed by atoms with E-state index in [1.165, 1.54) is 0 Å². The second-order valence-corrected chi connectivity index (χ2v) is 2.56. The van der Waals surface area contributed by atoms with Gasteiger partial charge in [0.15, 0.2) is 0 Å². The molecule has 0 heterocycles. The van der Waals surface area contributed by atoms with Crippen LogP contribution in [0.5, 0.6) is 0 Å². The van der Waals surface area contributed by atoms with E-state index in [4.69, 9.17) is 5.11 Å². The van der Waals surface area contributed by atoms with Gasteiger partial charge in [0.25, 0.3) is 0 Å². The van der Waals surface area contributed by atoms with Gasteiger partial charge in [0.05, 0.1) is 5.60 Å². The van der Waals surface area contributed by atoms with Crippen molar-refractivity contribution in [1.82, 2.24) is 0 Å². The van der Waals surface area contributed by atoms with Crippen LogP contribution in [-0.2, 0) is 0 Å². The molecular formula is C6H15KO. The van der Waals surface area contributed by atoms with Crippen LogP contribution in [0.2, 0.25) is 0 Å². The molecular weight excluding hydrogens is 127 g/mol. The van der Waals surface area contributed by atoms with Crippen LogP contribution in [0.15, 0.2) is 0 Å². The average Bonchev–Trinajstić information content (AvgIpc) is 1.30. The van der Waals surface area contributed by atoms with Crippen LogP contribution in [0.3, 0.4) is 0 Å². The van der Waals surface area contributed by atoms with Crippen molar-refractivity contribution in [1.29, 1.82) is 0 Å². The molecule has 0 unspecified atom stereocenters. The second kappa shape index (κ2) is 5.39. The van der Waals surface area contributed by atoms with Crippen molar-refractivity contribution in [3.05, 3.63) is 0 Å². The summed E-state index contributed by atoms with van der Waals surface area (Å²) in [6.07, 6.45) is 1.95. The van der Waals surface area contributed by atoms with Gasteiger partial charge in [0, 0.05) is 0 Å². The Morgan fingerprint density at radius 2 is 1.88 bits per heavy atom. The standard InChI is InChI=1S/C6H14O.K.H/c1-4-5-6(2,3)7;;/h7H,4-5H2,1-3H3;;/q;+1;-1. The van der Waals surface area contributed by atoms with Crippen molar-refractivity contribution >= 4 is 0 Å². The molecule has 0 spiro atoms. The fourth-order valence-electron chi connectivity index (χ4n) is 0.612. The first-order valence-electron chi connectivity index (χ1n) is 2.78. The van der Waals surface area contributed by atoms with Crippen LogP contribution in [0.1, 0.15) is 35.0 Å². The maximum absolute atomic E-state index is 9.02.